The first-order chi connectivity index (χ1) is 12.3. The number of rotatable bonds is 5. The van der Waals surface area contributed by atoms with Crippen LogP contribution in [0.25, 0.3) is 11.0 Å². The summed E-state index contributed by atoms with van der Waals surface area (Å²) in [5.74, 6) is -1.86. The van der Waals surface area contributed by atoms with Crippen molar-refractivity contribution in [1.29, 1.82) is 0 Å². The van der Waals surface area contributed by atoms with Crippen LogP contribution in [0.3, 0.4) is 0 Å². The van der Waals surface area contributed by atoms with Crippen LogP contribution in [0.5, 0.6) is 0 Å². The van der Waals surface area contributed by atoms with Crippen LogP contribution >= 0.6 is 0 Å². The van der Waals surface area contributed by atoms with Crippen molar-refractivity contribution in [3.63, 3.8) is 0 Å². The van der Waals surface area contributed by atoms with Crippen molar-refractivity contribution in [2.24, 2.45) is 7.05 Å². The van der Waals surface area contributed by atoms with Crippen molar-refractivity contribution >= 4 is 28.7 Å². The number of nitrogens with one attached hydrogen (secondary N) is 1. The number of anilines is 1. The Bertz CT molecular complexity index is 914. The maximum Gasteiger partial charge on any atom is 0.339 e. The fraction of sp³-hybridized carbons (Fsp3) is 0.333. The third-order valence-corrected chi connectivity index (χ3v) is 3.37. The van der Waals surface area contributed by atoms with Gasteiger partial charge in [-0.25, -0.2) is 14.8 Å². The summed E-state index contributed by atoms with van der Waals surface area (Å²) in [6, 6.07) is 0. The average molecular weight is 361 g/mol. The number of hydrogen-bond acceptors (Lipinski definition) is 7. The van der Waals surface area contributed by atoms with Gasteiger partial charge in [-0.15, -0.1) is 0 Å². The lowest BCUT2D eigenvalue weighted by molar-refractivity contribution is -0.134. The Morgan fingerprint density at radius 2 is 2.00 bits per heavy atom. The van der Waals surface area contributed by atoms with E-state index in [1.165, 1.54) is 12.5 Å². The molecule has 3 N–H and O–H groups in total. The van der Waals surface area contributed by atoms with E-state index >= 15 is 0 Å². The molecule has 0 saturated carbocycles. The van der Waals surface area contributed by atoms with Crippen LogP contribution in [0.2, 0.25) is 0 Å². The zero-order valence-corrected chi connectivity index (χ0v) is 14.5. The number of carboxylic acids is 2. The Kier molecular flexibility index (Phi) is 5.83. The molecule has 11 nitrogen and oxygen atoms in total. The van der Waals surface area contributed by atoms with Crippen molar-refractivity contribution in [2.45, 2.75) is 20.4 Å². The van der Waals surface area contributed by atoms with Crippen LogP contribution in [0.15, 0.2) is 18.9 Å². The minimum Gasteiger partial charge on any atom is -0.481 e. The zero-order chi connectivity index (χ0) is 19.3. The molecule has 0 saturated heterocycles. The number of hydrogen-bond donors (Lipinski definition) is 3. The maximum atomic E-state index is 11.4. The van der Waals surface area contributed by atoms with Crippen molar-refractivity contribution in [1.82, 2.24) is 29.5 Å². The Hall–Kier alpha value is -3.50. The highest BCUT2D eigenvalue weighted by molar-refractivity contribution is 6.04. The monoisotopic (exact) mass is 361 g/mol. The standard InChI is InChI=1S/C13H15N7O2.C2H4O2/c1-8-10-11(15-3-4-20-7-14-6-17-20)9(13(21)22)5-16-12(10)19(2)18-8;1-2(3)4/h5-7H,3-4H2,1-2H3,(H,15,16)(H,21,22);1H3,(H,3,4). The first kappa shape index (κ1) is 18.8. The summed E-state index contributed by atoms with van der Waals surface area (Å²) in [5, 5.41) is 29.0. The predicted molar refractivity (Wildman–Crippen MR) is 92.0 cm³/mol. The molecule has 0 amide bonds. The molecule has 0 fully saturated rings. The van der Waals surface area contributed by atoms with E-state index in [0.717, 1.165) is 18.0 Å². The van der Waals surface area contributed by atoms with Crippen LogP contribution in [0, 0.1) is 6.92 Å². The van der Waals surface area contributed by atoms with Gasteiger partial charge in [0.2, 0.25) is 0 Å². The molecule has 3 rings (SSSR count). The zero-order valence-electron chi connectivity index (χ0n) is 14.5. The van der Waals surface area contributed by atoms with E-state index in [1.807, 2.05) is 6.92 Å². The van der Waals surface area contributed by atoms with Crippen LogP contribution < -0.4 is 5.32 Å². The Morgan fingerprint density at radius 1 is 1.31 bits per heavy atom. The molecule has 0 aliphatic rings. The molecule has 26 heavy (non-hydrogen) atoms. The van der Waals surface area contributed by atoms with E-state index in [9.17, 15) is 9.90 Å². The first-order valence-corrected chi connectivity index (χ1v) is 7.62. The number of aryl methyl sites for hydroxylation is 2. The number of carbonyl (C=O) groups is 2. The third-order valence-electron chi connectivity index (χ3n) is 3.37. The number of nitrogens with zero attached hydrogens (tertiary/aromatic N) is 6. The predicted octanol–water partition coefficient (Wildman–Crippen LogP) is 0.769. The Labute approximate surface area is 148 Å². The summed E-state index contributed by atoms with van der Waals surface area (Å²) in [6.45, 7) is 4.00. The van der Waals surface area contributed by atoms with Gasteiger partial charge in [-0.05, 0) is 6.92 Å². The molecule has 0 aliphatic carbocycles. The van der Waals surface area contributed by atoms with E-state index in [1.54, 1.807) is 22.7 Å². The SMILES string of the molecule is CC(=O)O.Cc1nn(C)c2ncc(C(=O)O)c(NCCn3cncn3)c12. The molecule has 11 heteroatoms. The highest BCUT2D eigenvalue weighted by Gasteiger charge is 2.18. The molecule has 0 spiro atoms. The Morgan fingerprint density at radius 3 is 2.58 bits per heavy atom. The molecule has 0 aliphatic heterocycles. The lowest BCUT2D eigenvalue weighted by Gasteiger charge is -2.11. The van der Waals surface area contributed by atoms with E-state index in [2.05, 4.69) is 25.5 Å². The summed E-state index contributed by atoms with van der Waals surface area (Å²) in [7, 11) is 1.78. The van der Waals surface area contributed by atoms with Crippen molar-refractivity contribution in [2.75, 3.05) is 11.9 Å². The molecule has 0 radical (unpaired) electrons. The van der Waals surface area contributed by atoms with Gasteiger partial charge in [0.05, 0.1) is 23.3 Å². The van der Waals surface area contributed by atoms with Gasteiger partial charge in [0, 0.05) is 26.7 Å². The van der Waals surface area contributed by atoms with E-state index in [0.29, 0.717) is 24.4 Å². The maximum absolute atomic E-state index is 11.4. The van der Waals surface area contributed by atoms with E-state index in [4.69, 9.17) is 9.90 Å². The van der Waals surface area contributed by atoms with Gasteiger partial charge in [0.15, 0.2) is 5.65 Å². The lowest BCUT2D eigenvalue weighted by atomic mass is 10.1. The minimum atomic E-state index is -1.03. The van der Waals surface area contributed by atoms with E-state index in [-0.39, 0.29) is 5.56 Å². The van der Waals surface area contributed by atoms with Crippen LogP contribution in [0.1, 0.15) is 23.0 Å². The fourth-order valence-electron chi connectivity index (χ4n) is 2.40. The molecule has 0 bridgehead atoms. The number of aromatic nitrogens is 6. The van der Waals surface area contributed by atoms with Gasteiger partial charge < -0.3 is 15.5 Å². The fourth-order valence-corrected chi connectivity index (χ4v) is 2.40. The van der Waals surface area contributed by atoms with Gasteiger partial charge in [-0.3, -0.25) is 14.2 Å². The van der Waals surface area contributed by atoms with Crippen LogP contribution in [-0.4, -0.2) is 58.2 Å². The number of pyridine rings is 1. The molecule has 0 aromatic carbocycles. The highest BCUT2D eigenvalue weighted by Crippen LogP contribution is 2.28. The molecule has 3 aromatic rings. The second kappa shape index (κ2) is 8.05. The van der Waals surface area contributed by atoms with Gasteiger partial charge in [0.25, 0.3) is 5.97 Å². The molecule has 0 atom stereocenters. The summed E-state index contributed by atoms with van der Waals surface area (Å²) >= 11 is 0. The average Bonchev–Trinajstić information content (AvgIpc) is 3.15. The van der Waals surface area contributed by atoms with Gasteiger partial charge >= 0.3 is 5.97 Å². The molecular formula is C15H19N7O4. The number of aliphatic carboxylic acids is 1. The van der Waals surface area contributed by atoms with Crippen molar-refractivity contribution < 1.29 is 19.8 Å². The van der Waals surface area contributed by atoms with Crippen molar-refractivity contribution in [3.8, 4) is 0 Å². The van der Waals surface area contributed by atoms with E-state index < -0.39 is 11.9 Å². The van der Waals surface area contributed by atoms with Gasteiger partial charge in [0.1, 0.15) is 18.2 Å². The van der Waals surface area contributed by atoms with Gasteiger partial charge in [-0.1, -0.05) is 0 Å². The summed E-state index contributed by atoms with van der Waals surface area (Å²) in [6.07, 6.45) is 4.42. The first-order valence-electron chi connectivity index (χ1n) is 7.62. The topological polar surface area (TPSA) is 148 Å². The quantitative estimate of drug-likeness (QED) is 0.599. The third kappa shape index (κ3) is 4.32. The molecule has 3 heterocycles. The van der Waals surface area contributed by atoms with Crippen LogP contribution in [-0.2, 0) is 18.4 Å². The second-order valence-electron chi connectivity index (χ2n) is 5.36. The number of carboxylic acid groups (broad SMARTS) is 2. The highest BCUT2D eigenvalue weighted by atomic mass is 16.4. The largest absolute Gasteiger partial charge is 0.481 e. The normalized spacial score (nSPS) is 10.3. The number of fused-ring (bicyclic) bond motifs is 1. The molecule has 3 aromatic heterocycles. The summed E-state index contributed by atoms with van der Waals surface area (Å²) < 4.78 is 3.31. The van der Waals surface area contributed by atoms with Gasteiger partial charge in [-0.2, -0.15) is 10.2 Å². The molecule has 0 unspecified atom stereocenters. The molecule has 138 valence electrons. The number of aromatic carboxylic acids is 1. The second-order valence-corrected chi connectivity index (χ2v) is 5.36. The smallest absolute Gasteiger partial charge is 0.339 e. The lowest BCUT2D eigenvalue weighted by Crippen LogP contribution is -2.14. The summed E-state index contributed by atoms with van der Waals surface area (Å²) in [5.41, 5.74) is 2.03. The summed E-state index contributed by atoms with van der Waals surface area (Å²) in [4.78, 5) is 28.5. The Balaban J connectivity index is 0.000000552. The van der Waals surface area contributed by atoms with Crippen molar-refractivity contribution in [3.05, 3.63) is 30.1 Å². The van der Waals surface area contributed by atoms with Crippen LogP contribution in [0.4, 0.5) is 5.69 Å². The molecular weight excluding hydrogens is 342 g/mol. The minimum absolute atomic E-state index is 0.127.